The number of nitro benzene ring substituents is 1. The largest absolute Gasteiger partial charge is 0.322 e. The molecule has 0 aliphatic heterocycles. The lowest BCUT2D eigenvalue weighted by atomic mass is 10.3. The molecule has 0 radical (unpaired) electrons. The highest BCUT2D eigenvalue weighted by Crippen LogP contribution is 2.17. The van der Waals surface area contributed by atoms with Crippen LogP contribution in [-0.4, -0.2) is 28.4 Å². The molecular formula is C12H14N4O3. The van der Waals surface area contributed by atoms with E-state index in [0.717, 1.165) is 0 Å². The maximum atomic E-state index is 11.9. The number of hydrogen-bond donors (Lipinski definition) is 1. The molecule has 1 aromatic rings. The number of rotatable bonds is 4. The molecular weight excluding hydrogens is 248 g/mol. The van der Waals surface area contributed by atoms with Crippen LogP contribution in [0.4, 0.5) is 16.2 Å². The molecule has 0 fully saturated rings. The first-order valence-electron chi connectivity index (χ1n) is 5.64. The van der Waals surface area contributed by atoms with Gasteiger partial charge in [0, 0.05) is 23.9 Å². The molecule has 1 aromatic carbocycles. The lowest BCUT2D eigenvalue weighted by Gasteiger charge is -2.23. The topological polar surface area (TPSA) is 99.3 Å². The number of nitrogens with zero attached hydrogens (tertiary/aromatic N) is 3. The van der Waals surface area contributed by atoms with E-state index in [4.69, 9.17) is 5.26 Å². The van der Waals surface area contributed by atoms with Gasteiger partial charge in [0.15, 0.2) is 0 Å². The minimum Gasteiger partial charge on any atom is -0.309 e. The number of nitriles is 1. The third-order valence-corrected chi connectivity index (χ3v) is 2.43. The first-order chi connectivity index (χ1) is 8.95. The molecule has 7 heteroatoms. The van der Waals surface area contributed by atoms with Gasteiger partial charge in [0.25, 0.3) is 5.69 Å². The van der Waals surface area contributed by atoms with Gasteiger partial charge < -0.3 is 10.2 Å². The summed E-state index contributed by atoms with van der Waals surface area (Å²) in [6, 6.07) is 6.94. The Hall–Kier alpha value is -2.62. The van der Waals surface area contributed by atoms with E-state index in [-0.39, 0.29) is 18.3 Å². The number of nitro groups is 1. The number of amides is 2. The average Bonchev–Trinajstić information content (AvgIpc) is 2.35. The molecule has 0 heterocycles. The van der Waals surface area contributed by atoms with Gasteiger partial charge >= 0.3 is 6.03 Å². The Bertz CT molecular complexity index is 522. The van der Waals surface area contributed by atoms with Crippen molar-refractivity contribution in [1.29, 1.82) is 5.26 Å². The summed E-state index contributed by atoms with van der Waals surface area (Å²) in [5.41, 5.74) is 0.219. The molecule has 1 rings (SSSR count). The van der Waals surface area contributed by atoms with E-state index in [2.05, 4.69) is 5.32 Å². The molecule has 0 unspecified atom stereocenters. The predicted molar refractivity (Wildman–Crippen MR) is 69.6 cm³/mol. The van der Waals surface area contributed by atoms with Gasteiger partial charge in [0.05, 0.1) is 11.0 Å². The molecule has 0 aliphatic rings. The Morgan fingerprint density at radius 1 is 1.58 bits per heavy atom. The summed E-state index contributed by atoms with van der Waals surface area (Å²) in [5.74, 6) is 0. The standard InChI is InChI=1S/C12H14N4O3/c1-9(2)15(7-6-13)12(17)14-10-4-3-5-11(8-10)16(18)19/h3-5,8-9H,7H2,1-2H3,(H,14,17). The number of carbonyl (C=O) groups excluding carboxylic acids is 1. The second-order valence-corrected chi connectivity index (χ2v) is 4.12. The Morgan fingerprint density at radius 3 is 2.79 bits per heavy atom. The van der Waals surface area contributed by atoms with Crippen molar-refractivity contribution in [2.45, 2.75) is 19.9 Å². The van der Waals surface area contributed by atoms with E-state index >= 15 is 0 Å². The zero-order valence-corrected chi connectivity index (χ0v) is 10.7. The van der Waals surface area contributed by atoms with Crippen molar-refractivity contribution in [3.63, 3.8) is 0 Å². The van der Waals surface area contributed by atoms with Crippen molar-refractivity contribution < 1.29 is 9.72 Å². The molecule has 0 bridgehead atoms. The monoisotopic (exact) mass is 262 g/mol. The smallest absolute Gasteiger partial charge is 0.309 e. The van der Waals surface area contributed by atoms with Crippen LogP contribution in [0, 0.1) is 21.4 Å². The van der Waals surface area contributed by atoms with Gasteiger partial charge in [-0.1, -0.05) is 6.07 Å². The van der Waals surface area contributed by atoms with Crippen LogP contribution >= 0.6 is 0 Å². The van der Waals surface area contributed by atoms with Crippen molar-refractivity contribution >= 4 is 17.4 Å². The Balaban J connectivity index is 2.84. The lowest BCUT2D eigenvalue weighted by molar-refractivity contribution is -0.384. The zero-order chi connectivity index (χ0) is 14.4. The van der Waals surface area contributed by atoms with E-state index in [1.807, 2.05) is 6.07 Å². The van der Waals surface area contributed by atoms with Crippen molar-refractivity contribution in [1.82, 2.24) is 4.90 Å². The second kappa shape index (κ2) is 6.35. The second-order valence-electron chi connectivity index (χ2n) is 4.12. The molecule has 1 N–H and O–H groups in total. The molecule has 7 nitrogen and oxygen atoms in total. The van der Waals surface area contributed by atoms with Crippen LogP contribution in [0.25, 0.3) is 0 Å². The van der Waals surface area contributed by atoms with Gasteiger partial charge in [-0.3, -0.25) is 10.1 Å². The van der Waals surface area contributed by atoms with Crippen LogP contribution in [0.2, 0.25) is 0 Å². The van der Waals surface area contributed by atoms with E-state index in [0.29, 0.717) is 5.69 Å². The van der Waals surface area contributed by atoms with E-state index in [9.17, 15) is 14.9 Å². The van der Waals surface area contributed by atoms with Crippen LogP contribution < -0.4 is 5.32 Å². The first kappa shape index (κ1) is 14.4. The summed E-state index contributed by atoms with van der Waals surface area (Å²) in [7, 11) is 0. The van der Waals surface area contributed by atoms with Gasteiger partial charge in [0.1, 0.15) is 6.54 Å². The highest BCUT2D eigenvalue weighted by atomic mass is 16.6. The number of benzene rings is 1. The molecule has 0 spiro atoms. The number of anilines is 1. The highest BCUT2D eigenvalue weighted by molar-refractivity contribution is 5.90. The molecule has 0 saturated carbocycles. The van der Waals surface area contributed by atoms with Crippen molar-refractivity contribution in [2.75, 3.05) is 11.9 Å². The number of non-ortho nitro benzene ring substituents is 1. The summed E-state index contributed by atoms with van der Waals surface area (Å²) in [6.07, 6.45) is 0. The predicted octanol–water partition coefficient (Wildman–Crippen LogP) is 2.36. The summed E-state index contributed by atoms with van der Waals surface area (Å²) in [4.78, 5) is 23.3. The molecule has 100 valence electrons. The van der Waals surface area contributed by atoms with E-state index in [1.165, 1.54) is 23.1 Å². The van der Waals surface area contributed by atoms with Crippen molar-refractivity contribution in [3.05, 3.63) is 34.4 Å². The molecule has 2 amide bonds. The zero-order valence-electron chi connectivity index (χ0n) is 10.7. The number of hydrogen-bond acceptors (Lipinski definition) is 4. The summed E-state index contributed by atoms with van der Waals surface area (Å²) < 4.78 is 0. The van der Waals surface area contributed by atoms with Crippen molar-refractivity contribution in [2.24, 2.45) is 0 Å². The fourth-order valence-electron chi connectivity index (χ4n) is 1.46. The minimum absolute atomic E-state index is 0.0432. The third kappa shape index (κ3) is 3.96. The molecule has 19 heavy (non-hydrogen) atoms. The van der Waals surface area contributed by atoms with E-state index in [1.54, 1.807) is 19.9 Å². The third-order valence-electron chi connectivity index (χ3n) is 2.43. The normalized spacial score (nSPS) is 9.79. The first-order valence-corrected chi connectivity index (χ1v) is 5.64. The molecule has 0 aliphatic carbocycles. The lowest BCUT2D eigenvalue weighted by Crippen LogP contribution is -2.40. The fourth-order valence-corrected chi connectivity index (χ4v) is 1.46. The van der Waals surface area contributed by atoms with Gasteiger partial charge in [-0.2, -0.15) is 5.26 Å². The summed E-state index contributed by atoms with van der Waals surface area (Å²) in [6.45, 7) is 3.52. The molecule has 0 saturated heterocycles. The van der Waals surface area contributed by atoms with Crippen LogP contribution in [-0.2, 0) is 0 Å². The quantitative estimate of drug-likeness (QED) is 0.511. The van der Waals surface area contributed by atoms with Crippen LogP contribution in [0.5, 0.6) is 0 Å². The maximum absolute atomic E-state index is 11.9. The average molecular weight is 262 g/mol. The summed E-state index contributed by atoms with van der Waals surface area (Å²) >= 11 is 0. The van der Waals surface area contributed by atoms with Gasteiger partial charge in [-0.05, 0) is 19.9 Å². The van der Waals surface area contributed by atoms with Crippen LogP contribution in [0.15, 0.2) is 24.3 Å². The maximum Gasteiger partial charge on any atom is 0.322 e. The number of carbonyl (C=O) groups is 1. The van der Waals surface area contributed by atoms with Crippen molar-refractivity contribution in [3.8, 4) is 6.07 Å². The molecule has 0 atom stereocenters. The highest BCUT2D eigenvalue weighted by Gasteiger charge is 2.17. The van der Waals surface area contributed by atoms with Gasteiger partial charge in [0.2, 0.25) is 0 Å². The van der Waals surface area contributed by atoms with Gasteiger partial charge in [-0.15, -0.1) is 0 Å². The van der Waals surface area contributed by atoms with Crippen LogP contribution in [0.1, 0.15) is 13.8 Å². The fraction of sp³-hybridized carbons (Fsp3) is 0.333. The Labute approximate surface area is 110 Å². The summed E-state index contributed by atoms with van der Waals surface area (Å²) in [5, 5.41) is 21.8. The van der Waals surface area contributed by atoms with E-state index < -0.39 is 11.0 Å². The SMILES string of the molecule is CC(C)N(CC#N)C(=O)Nc1cccc([N+](=O)[O-])c1. The molecule has 0 aromatic heterocycles. The number of nitrogens with one attached hydrogen (secondary N) is 1. The Kier molecular flexibility index (Phi) is 4.83. The van der Waals surface area contributed by atoms with Gasteiger partial charge in [-0.25, -0.2) is 4.79 Å². The number of urea groups is 1. The van der Waals surface area contributed by atoms with Crippen LogP contribution in [0.3, 0.4) is 0 Å². The Morgan fingerprint density at radius 2 is 2.26 bits per heavy atom. The minimum atomic E-state index is -0.537.